The van der Waals surface area contributed by atoms with Crippen molar-refractivity contribution in [2.75, 3.05) is 23.4 Å². The van der Waals surface area contributed by atoms with Crippen LogP contribution in [0.3, 0.4) is 0 Å². The second kappa shape index (κ2) is 5.25. The molecule has 1 aromatic carbocycles. The van der Waals surface area contributed by atoms with Crippen molar-refractivity contribution in [1.82, 2.24) is 8.75 Å². The van der Waals surface area contributed by atoms with Gasteiger partial charge in [0.25, 0.3) is 5.91 Å². The van der Waals surface area contributed by atoms with Gasteiger partial charge in [0.2, 0.25) is 5.91 Å². The summed E-state index contributed by atoms with van der Waals surface area (Å²) in [6, 6.07) is 7.39. The van der Waals surface area contributed by atoms with Crippen LogP contribution in [0, 0.1) is 5.92 Å². The van der Waals surface area contributed by atoms with Gasteiger partial charge in [-0.05, 0) is 12.1 Å². The van der Waals surface area contributed by atoms with Crippen LogP contribution in [0.25, 0.3) is 0 Å². The van der Waals surface area contributed by atoms with E-state index in [0.717, 1.165) is 23.1 Å². The third kappa shape index (κ3) is 2.29. The zero-order valence-electron chi connectivity index (χ0n) is 11.7. The maximum absolute atomic E-state index is 12.6. The molecule has 0 radical (unpaired) electrons. The summed E-state index contributed by atoms with van der Waals surface area (Å²) in [6.07, 6.45) is 1.46. The number of amides is 2. The Morgan fingerprint density at radius 3 is 2.71 bits per heavy atom. The maximum Gasteiger partial charge on any atom is 0.279 e. The summed E-state index contributed by atoms with van der Waals surface area (Å²) in [5, 5.41) is 0. The first-order valence-corrected chi connectivity index (χ1v) is 7.28. The molecule has 0 bridgehead atoms. The van der Waals surface area contributed by atoms with Gasteiger partial charge in [0.1, 0.15) is 0 Å². The normalized spacial score (nSPS) is 18.4. The van der Waals surface area contributed by atoms with Gasteiger partial charge in [0.15, 0.2) is 5.69 Å². The van der Waals surface area contributed by atoms with Crippen LogP contribution < -0.4 is 9.80 Å². The molecule has 108 valence electrons. The summed E-state index contributed by atoms with van der Waals surface area (Å²) in [5.41, 5.74) is 1.75. The van der Waals surface area contributed by atoms with E-state index in [1.807, 2.05) is 31.2 Å². The Morgan fingerprint density at radius 1 is 1.33 bits per heavy atom. The molecule has 0 spiro atoms. The minimum absolute atomic E-state index is 0.00541. The van der Waals surface area contributed by atoms with E-state index in [2.05, 4.69) is 8.75 Å². The maximum atomic E-state index is 12.6. The molecule has 0 N–H and O–H groups in total. The second-order valence-corrected chi connectivity index (χ2v) is 5.55. The quantitative estimate of drug-likeness (QED) is 0.805. The minimum Gasteiger partial charge on any atom is -0.313 e. The Bertz CT molecular complexity index is 686. The van der Waals surface area contributed by atoms with Gasteiger partial charge in [0, 0.05) is 13.6 Å². The molecule has 2 amide bonds. The molecule has 6 nitrogen and oxygen atoms in total. The van der Waals surface area contributed by atoms with E-state index in [4.69, 9.17) is 0 Å². The monoisotopic (exact) mass is 302 g/mol. The van der Waals surface area contributed by atoms with Gasteiger partial charge in [-0.15, -0.1) is 0 Å². The molecular weight excluding hydrogens is 288 g/mol. The number of hydrogen-bond acceptors (Lipinski definition) is 5. The van der Waals surface area contributed by atoms with E-state index in [9.17, 15) is 9.59 Å². The number of rotatable bonds is 1. The molecule has 1 atom stereocenters. The number of benzene rings is 1. The fourth-order valence-electron chi connectivity index (χ4n) is 2.47. The highest BCUT2D eigenvalue weighted by molar-refractivity contribution is 6.99. The van der Waals surface area contributed by atoms with E-state index in [0.29, 0.717) is 12.2 Å². The molecular formula is C14H14N4O2S. The molecule has 0 unspecified atom stereocenters. The molecule has 0 saturated heterocycles. The van der Waals surface area contributed by atoms with Gasteiger partial charge in [-0.1, -0.05) is 19.1 Å². The standard InChI is InChI=1S/C14H14N4O2S/c1-9-8-18(14(20)10-7-15-21-16-10)12-6-4-3-5-11(12)17(2)13(9)19/h3-7,9H,8H2,1-2H3/t9-/m1/s1. The number of nitrogens with zero attached hydrogens (tertiary/aromatic N) is 4. The highest BCUT2D eigenvalue weighted by atomic mass is 32.1. The number of carbonyl (C=O) groups excluding carboxylic acids is 2. The fourth-order valence-corrected chi connectivity index (χ4v) is 2.87. The third-order valence-corrected chi connectivity index (χ3v) is 4.05. The second-order valence-electron chi connectivity index (χ2n) is 5.00. The summed E-state index contributed by atoms with van der Waals surface area (Å²) < 4.78 is 7.87. The van der Waals surface area contributed by atoms with Gasteiger partial charge in [0.05, 0.1) is 35.2 Å². The predicted molar refractivity (Wildman–Crippen MR) is 80.6 cm³/mol. The summed E-state index contributed by atoms with van der Waals surface area (Å²) >= 11 is 0.995. The van der Waals surface area contributed by atoms with E-state index < -0.39 is 0 Å². The van der Waals surface area contributed by atoms with Gasteiger partial charge in [-0.3, -0.25) is 9.59 Å². The molecule has 3 rings (SSSR count). The number of fused-ring (bicyclic) bond motifs is 1. The summed E-state index contributed by atoms with van der Waals surface area (Å²) in [5.74, 6) is -0.516. The summed E-state index contributed by atoms with van der Waals surface area (Å²) in [4.78, 5) is 28.2. The molecule has 7 heteroatoms. The lowest BCUT2D eigenvalue weighted by atomic mass is 10.1. The topological polar surface area (TPSA) is 66.4 Å². The van der Waals surface area contributed by atoms with Crippen molar-refractivity contribution in [1.29, 1.82) is 0 Å². The van der Waals surface area contributed by atoms with Crippen LogP contribution in [0.5, 0.6) is 0 Å². The van der Waals surface area contributed by atoms with Crippen molar-refractivity contribution < 1.29 is 9.59 Å². The summed E-state index contributed by atoms with van der Waals surface area (Å²) in [7, 11) is 1.73. The van der Waals surface area contributed by atoms with Crippen LogP contribution in [0.1, 0.15) is 17.4 Å². The predicted octanol–water partition coefficient (Wildman–Crippen LogP) is 1.80. The van der Waals surface area contributed by atoms with Crippen molar-refractivity contribution in [2.45, 2.75) is 6.92 Å². The van der Waals surface area contributed by atoms with Gasteiger partial charge < -0.3 is 9.80 Å². The third-order valence-electron chi connectivity index (χ3n) is 3.57. The SMILES string of the molecule is C[C@@H]1CN(C(=O)c2cnsn2)c2ccccc2N(C)C1=O. The van der Waals surface area contributed by atoms with Gasteiger partial charge in [-0.25, -0.2) is 0 Å². The number of anilines is 2. The first-order valence-electron chi connectivity index (χ1n) is 6.55. The van der Waals surface area contributed by atoms with Crippen LogP contribution in [0.2, 0.25) is 0 Å². The molecule has 0 aliphatic carbocycles. The number of para-hydroxylation sites is 2. The lowest BCUT2D eigenvalue weighted by Gasteiger charge is -2.23. The molecule has 0 saturated carbocycles. The Hall–Kier alpha value is -2.28. The van der Waals surface area contributed by atoms with Crippen LogP contribution in [0.15, 0.2) is 30.5 Å². The zero-order chi connectivity index (χ0) is 15.0. The van der Waals surface area contributed by atoms with Crippen molar-refractivity contribution >= 4 is 34.9 Å². The highest BCUT2D eigenvalue weighted by Crippen LogP contribution is 2.33. The number of aromatic nitrogens is 2. The van der Waals surface area contributed by atoms with Crippen molar-refractivity contribution in [3.63, 3.8) is 0 Å². The molecule has 1 aromatic heterocycles. The van der Waals surface area contributed by atoms with Crippen LogP contribution in [-0.4, -0.2) is 34.2 Å². The first kappa shape index (κ1) is 13.7. The molecule has 1 aliphatic rings. The van der Waals surface area contributed by atoms with E-state index in [-0.39, 0.29) is 17.7 Å². The van der Waals surface area contributed by atoms with Crippen molar-refractivity contribution in [3.8, 4) is 0 Å². The smallest absolute Gasteiger partial charge is 0.279 e. The van der Waals surface area contributed by atoms with Crippen LogP contribution in [-0.2, 0) is 4.79 Å². The number of hydrogen-bond donors (Lipinski definition) is 0. The Balaban J connectivity index is 2.09. The summed E-state index contributed by atoms with van der Waals surface area (Å²) in [6.45, 7) is 2.15. The lowest BCUT2D eigenvalue weighted by Crippen LogP contribution is -2.37. The molecule has 21 heavy (non-hydrogen) atoms. The van der Waals surface area contributed by atoms with E-state index >= 15 is 0 Å². The Kier molecular flexibility index (Phi) is 3.42. The zero-order valence-corrected chi connectivity index (χ0v) is 12.5. The molecule has 1 aliphatic heterocycles. The van der Waals surface area contributed by atoms with Gasteiger partial charge >= 0.3 is 0 Å². The van der Waals surface area contributed by atoms with Gasteiger partial charge in [-0.2, -0.15) is 8.75 Å². The van der Waals surface area contributed by atoms with Crippen LogP contribution in [0.4, 0.5) is 11.4 Å². The Morgan fingerprint density at radius 2 is 2.05 bits per heavy atom. The number of carbonyl (C=O) groups is 2. The average Bonchev–Trinajstić information content (AvgIpc) is 3.02. The van der Waals surface area contributed by atoms with E-state index in [1.54, 1.807) is 16.8 Å². The molecule has 0 fully saturated rings. The van der Waals surface area contributed by atoms with Crippen molar-refractivity contribution in [2.24, 2.45) is 5.92 Å². The minimum atomic E-state index is -0.280. The molecule has 2 heterocycles. The average molecular weight is 302 g/mol. The molecule has 2 aromatic rings. The van der Waals surface area contributed by atoms with Crippen LogP contribution >= 0.6 is 11.7 Å². The fraction of sp³-hybridized carbons (Fsp3) is 0.286. The van der Waals surface area contributed by atoms with Crippen molar-refractivity contribution in [3.05, 3.63) is 36.2 Å². The van der Waals surface area contributed by atoms with E-state index in [1.165, 1.54) is 6.20 Å². The first-order chi connectivity index (χ1) is 10.1. The Labute approximate surface area is 126 Å². The largest absolute Gasteiger partial charge is 0.313 e. The highest BCUT2D eigenvalue weighted by Gasteiger charge is 2.32. The lowest BCUT2D eigenvalue weighted by molar-refractivity contribution is -0.121.